The van der Waals surface area contributed by atoms with E-state index in [1.54, 1.807) is 28.0 Å². The minimum absolute atomic E-state index is 0.0395. The number of piperazine rings is 1. The molecule has 1 aromatic carbocycles. The number of thiazole rings is 1. The van der Waals surface area contributed by atoms with Crippen LogP contribution in [0.1, 0.15) is 48.3 Å². The largest absolute Gasteiger partial charge is 0.444 e. The maximum Gasteiger partial charge on any atom is 0.410 e. The molecule has 1 fully saturated rings. The lowest BCUT2D eigenvalue weighted by atomic mass is 10.2. The van der Waals surface area contributed by atoms with E-state index in [0.29, 0.717) is 25.2 Å². The van der Waals surface area contributed by atoms with Gasteiger partial charge >= 0.3 is 6.09 Å². The number of hydrogen-bond acceptors (Lipinski definition) is 7. The zero-order valence-corrected chi connectivity index (χ0v) is 21.6. The average molecular weight is 491 g/mol. The molecule has 0 spiro atoms. The average Bonchev–Trinajstić information content (AvgIpc) is 3.19. The van der Waals surface area contributed by atoms with Crippen molar-refractivity contribution in [2.75, 3.05) is 39.3 Å². The van der Waals surface area contributed by atoms with Gasteiger partial charge in [-0.15, -0.1) is 23.1 Å². The van der Waals surface area contributed by atoms with Gasteiger partial charge in [0.1, 0.15) is 5.60 Å². The molecule has 3 rings (SSSR count). The van der Waals surface area contributed by atoms with Crippen LogP contribution in [0.2, 0.25) is 0 Å². The van der Waals surface area contributed by atoms with Crippen molar-refractivity contribution in [2.45, 2.75) is 50.4 Å². The summed E-state index contributed by atoms with van der Waals surface area (Å²) >= 11 is 3.29. The Labute approximate surface area is 204 Å². The lowest BCUT2D eigenvalue weighted by molar-refractivity contribution is 0.0144. The van der Waals surface area contributed by atoms with Crippen LogP contribution in [0.15, 0.2) is 34.5 Å². The summed E-state index contributed by atoms with van der Waals surface area (Å²) in [5.74, 6) is 0.714. The van der Waals surface area contributed by atoms with E-state index < -0.39 is 5.60 Å². The highest BCUT2D eigenvalue weighted by Gasteiger charge is 2.25. The van der Waals surface area contributed by atoms with Gasteiger partial charge in [0.05, 0.1) is 16.3 Å². The van der Waals surface area contributed by atoms with Gasteiger partial charge in [0, 0.05) is 48.8 Å². The van der Waals surface area contributed by atoms with E-state index in [4.69, 9.17) is 4.74 Å². The molecule has 180 valence electrons. The first-order valence-corrected chi connectivity index (χ1v) is 13.2. The van der Waals surface area contributed by atoms with Crippen molar-refractivity contribution in [2.24, 2.45) is 0 Å². The van der Waals surface area contributed by atoms with Crippen LogP contribution in [-0.2, 0) is 10.5 Å². The van der Waals surface area contributed by atoms with Crippen molar-refractivity contribution in [3.05, 3.63) is 45.9 Å². The normalized spacial score (nSPS) is 14.8. The first kappa shape index (κ1) is 25.5. The summed E-state index contributed by atoms with van der Waals surface area (Å²) in [6.07, 6.45) is 0.627. The van der Waals surface area contributed by atoms with E-state index in [-0.39, 0.29) is 12.0 Å². The molecule has 1 aliphatic heterocycles. The Morgan fingerprint density at radius 3 is 2.58 bits per heavy atom. The smallest absolute Gasteiger partial charge is 0.410 e. The van der Waals surface area contributed by atoms with Crippen LogP contribution in [-0.4, -0.2) is 71.7 Å². The third-order valence-electron chi connectivity index (χ3n) is 5.13. The van der Waals surface area contributed by atoms with Crippen molar-refractivity contribution in [3.8, 4) is 0 Å². The Balaban J connectivity index is 1.38. The molecule has 1 aliphatic rings. The third kappa shape index (κ3) is 8.32. The molecule has 2 heterocycles. The summed E-state index contributed by atoms with van der Waals surface area (Å²) in [4.78, 5) is 34.5. The van der Waals surface area contributed by atoms with Crippen molar-refractivity contribution >= 4 is 35.1 Å². The molecular formula is C24H34N4O3S2. The quantitative estimate of drug-likeness (QED) is 0.436. The van der Waals surface area contributed by atoms with E-state index in [2.05, 4.69) is 20.6 Å². The number of amides is 2. The topological polar surface area (TPSA) is 74.8 Å². The van der Waals surface area contributed by atoms with Crippen LogP contribution >= 0.6 is 23.1 Å². The molecule has 1 saturated heterocycles. The molecule has 2 aromatic rings. The zero-order valence-electron chi connectivity index (χ0n) is 19.9. The second kappa shape index (κ2) is 11.9. The van der Waals surface area contributed by atoms with E-state index in [1.165, 1.54) is 0 Å². The highest BCUT2D eigenvalue weighted by Crippen LogP contribution is 2.26. The Bertz CT molecular complexity index is 934. The molecule has 0 atom stereocenters. The number of carbonyl (C=O) groups is 2. The van der Waals surface area contributed by atoms with E-state index >= 15 is 0 Å². The van der Waals surface area contributed by atoms with Gasteiger partial charge in [0.15, 0.2) is 0 Å². The van der Waals surface area contributed by atoms with Crippen molar-refractivity contribution in [1.82, 2.24) is 20.1 Å². The van der Waals surface area contributed by atoms with Crippen molar-refractivity contribution in [3.63, 3.8) is 0 Å². The Kier molecular flexibility index (Phi) is 9.17. The van der Waals surface area contributed by atoms with E-state index in [0.717, 1.165) is 47.4 Å². The summed E-state index contributed by atoms with van der Waals surface area (Å²) in [6.45, 7) is 12.1. The number of rotatable bonds is 8. The van der Waals surface area contributed by atoms with E-state index in [9.17, 15) is 9.59 Å². The molecule has 2 amide bonds. The van der Waals surface area contributed by atoms with Gasteiger partial charge in [-0.3, -0.25) is 9.69 Å². The fourth-order valence-electron chi connectivity index (χ4n) is 3.49. The fraction of sp³-hybridized carbons (Fsp3) is 0.542. The summed E-state index contributed by atoms with van der Waals surface area (Å²) in [5.41, 5.74) is 1.29. The van der Waals surface area contributed by atoms with Crippen LogP contribution in [0.4, 0.5) is 4.79 Å². The lowest BCUT2D eigenvalue weighted by Gasteiger charge is -2.35. The Hall–Kier alpha value is -2.10. The lowest BCUT2D eigenvalue weighted by Crippen LogP contribution is -2.50. The minimum Gasteiger partial charge on any atom is -0.444 e. The minimum atomic E-state index is -0.469. The molecule has 1 N–H and O–H groups in total. The van der Waals surface area contributed by atoms with Crippen LogP contribution in [0.25, 0.3) is 0 Å². The summed E-state index contributed by atoms with van der Waals surface area (Å²) in [7, 11) is 0. The second-order valence-electron chi connectivity index (χ2n) is 9.06. The van der Waals surface area contributed by atoms with Crippen LogP contribution in [0, 0.1) is 6.92 Å². The van der Waals surface area contributed by atoms with Crippen LogP contribution in [0.5, 0.6) is 0 Å². The number of ether oxygens (including phenoxy) is 1. The monoisotopic (exact) mass is 490 g/mol. The number of aromatic nitrogens is 1. The molecule has 0 radical (unpaired) electrons. The predicted molar refractivity (Wildman–Crippen MR) is 134 cm³/mol. The fourth-order valence-corrected chi connectivity index (χ4v) is 5.15. The van der Waals surface area contributed by atoms with Gasteiger partial charge in [-0.05, 0) is 52.8 Å². The SMILES string of the molecule is Cc1nc(CSc2ccccc2C(=O)NCCCN2CCN(C(=O)OC(C)(C)C)CC2)cs1. The molecule has 7 nitrogen and oxygen atoms in total. The van der Waals surface area contributed by atoms with Gasteiger partial charge in [-0.1, -0.05) is 12.1 Å². The number of carbonyl (C=O) groups excluding carboxylic acids is 2. The van der Waals surface area contributed by atoms with Crippen LogP contribution in [0.3, 0.4) is 0 Å². The second-order valence-corrected chi connectivity index (χ2v) is 11.1. The third-order valence-corrected chi connectivity index (χ3v) is 7.06. The van der Waals surface area contributed by atoms with Gasteiger partial charge in [-0.25, -0.2) is 9.78 Å². The molecule has 0 saturated carbocycles. The number of hydrogen-bond donors (Lipinski definition) is 1. The first-order valence-electron chi connectivity index (χ1n) is 11.3. The summed E-state index contributed by atoms with van der Waals surface area (Å²) in [6, 6.07) is 7.72. The maximum absolute atomic E-state index is 12.8. The Morgan fingerprint density at radius 1 is 1.18 bits per heavy atom. The Morgan fingerprint density at radius 2 is 1.91 bits per heavy atom. The predicted octanol–water partition coefficient (Wildman–Crippen LogP) is 4.42. The van der Waals surface area contributed by atoms with Crippen LogP contribution < -0.4 is 5.32 Å². The molecule has 9 heteroatoms. The zero-order chi connectivity index (χ0) is 23.8. The molecular weight excluding hydrogens is 456 g/mol. The number of benzene rings is 1. The maximum atomic E-state index is 12.8. The summed E-state index contributed by atoms with van der Waals surface area (Å²) < 4.78 is 5.45. The first-order chi connectivity index (χ1) is 15.7. The van der Waals surface area contributed by atoms with Gasteiger partial charge in [0.25, 0.3) is 5.91 Å². The van der Waals surface area contributed by atoms with E-state index in [1.807, 2.05) is 52.0 Å². The molecule has 0 bridgehead atoms. The number of thioether (sulfide) groups is 1. The van der Waals surface area contributed by atoms with Gasteiger partial charge in [0.2, 0.25) is 0 Å². The summed E-state index contributed by atoms with van der Waals surface area (Å²) in [5, 5.41) is 6.18. The number of nitrogens with zero attached hydrogens (tertiary/aromatic N) is 3. The standard InChI is InChI=1S/C24H34N4O3S2/c1-18-26-19(16-32-18)17-33-21-9-6-5-8-20(21)22(29)25-10-7-11-27-12-14-28(15-13-27)23(30)31-24(2,3)4/h5-6,8-9,16H,7,10-15,17H2,1-4H3,(H,25,29). The highest BCUT2D eigenvalue weighted by molar-refractivity contribution is 7.98. The number of nitrogens with one attached hydrogen (secondary N) is 1. The molecule has 0 aliphatic carbocycles. The van der Waals surface area contributed by atoms with Gasteiger partial charge in [-0.2, -0.15) is 0 Å². The molecule has 1 aromatic heterocycles. The molecule has 0 unspecified atom stereocenters. The van der Waals surface area contributed by atoms with Crippen molar-refractivity contribution in [1.29, 1.82) is 0 Å². The van der Waals surface area contributed by atoms with Crippen molar-refractivity contribution < 1.29 is 14.3 Å². The number of aryl methyl sites for hydroxylation is 1. The highest BCUT2D eigenvalue weighted by atomic mass is 32.2. The van der Waals surface area contributed by atoms with Gasteiger partial charge < -0.3 is 15.0 Å². The molecule has 33 heavy (non-hydrogen) atoms.